The second kappa shape index (κ2) is 6.72. The van der Waals surface area contributed by atoms with Gasteiger partial charge in [0.2, 0.25) is 11.8 Å². The Kier molecular flexibility index (Phi) is 4.66. The third kappa shape index (κ3) is 3.64. The van der Waals surface area contributed by atoms with Crippen molar-refractivity contribution in [2.24, 2.45) is 7.05 Å². The molecule has 2 aromatic heterocycles. The molecule has 0 radical (unpaired) electrons. The molecule has 0 N–H and O–H groups in total. The molecule has 130 valence electrons. The average molecular weight is 333 g/mol. The molecular weight excluding hydrogens is 310 g/mol. The summed E-state index contributed by atoms with van der Waals surface area (Å²) in [6, 6.07) is 1.89. The second-order valence-corrected chi connectivity index (χ2v) is 6.35. The van der Waals surface area contributed by atoms with E-state index in [2.05, 4.69) is 15.3 Å². The Bertz CT molecular complexity index is 713. The average Bonchev–Trinajstić information content (AvgIpc) is 3.09. The summed E-state index contributed by atoms with van der Waals surface area (Å²) in [5.74, 6) is 0.980. The van der Waals surface area contributed by atoms with Gasteiger partial charge >= 0.3 is 0 Å². The van der Waals surface area contributed by atoms with Crippen molar-refractivity contribution in [2.45, 2.75) is 45.8 Å². The van der Waals surface area contributed by atoms with Gasteiger partial charge in [-0.3, -0.25) is 9.48 Å². The fourth-order valence-electron chi connectivity index (χ4n) is 3.02. The van der Waals surface area contributed by atoms with Gasteiger partial charge in [0.15, 0.2) is 0 Å². The molecule has 8 nitrogen and oxygen atoms in total. The molecule has 0 aromatic carbocycles. The SMILES string of the molecule is Cc1cc(-c2nnc(CCC(=O)N3CC(C)OC(C)C3)o2)n(C)n1. The minimum absolute atomic E-state index is 0.0702. The van der Waals surface area contributed by atoms with Crippen molar-refractivity contribution in [1.29, 1.82) is 0 Å². The molecule has 8 heteroatoms. The highest BCUT2D eigenvalue weighted by molar-refractivity contribution is 5.76. The summed E-state index contributed by atoms with van der Waals surface area (Å²) in [5, 5.41) is 12.4. The third-order valence-corrected chi connectivity index (χ3v) is 4.01. The molecule has 0 saturated carbocycles. The molecule has 0 aliphatic carbocycles. The van der Waals surface area contributed by atoms with E-state index in [1.165, 1.54) is 0 Å². The molecule has 3 rings (SSSR count). The van der Waals surface area contributed by atoms with Crippen molar-refractivity contribution in [3.05, 3.63) is 17.7 Å². The number of nitrogens with zero attached hydrogens (tertiary/aromatic N) is 5. The smallest absolute Gasteiger partial charge is 0.265 e. The third-order valence-electron chi connectivity index (χ3n) is 4.01. The van der Waals surface area contributed by atoms with Crippen LogP contribution in [0.3, 0.4) is 0 Å². The minimum atomic E-state index is 0.0702. The molecule has 1 fully saturated rings. The zero-order chi connectivity index (χ0) is 17.3. The van der Waals surface area contributed by atoms with Crippen molar-refractivity contribution in [3.63, 3.8) is 0 Å². The lowest BCUT2D eigenvalue weighted by molar-refractivity contribution is -0.143. The van der Waals surface area contributed by atoms with E-state index in [0.29, 0.717) is 37.7 Å². The number of morpholine rings is 1. The number of rotatable bonds is 4. The first kappa shape index (κ1) is 16.6. The van der Waals surface area contributed by atoms with Gasteiger partial charge in [-0.05, 0) is 26.8 Å². The molecule has 2 aromatic rings. The summed E-state index contributed by atoms with van der Waals surface area (Å²) in [4.78, 5) is 14.2. The monoisotopic (exact) mass is 333 g/mol. The lowest BCUT2D eigenvalue weighted by atomic mass is 10.2. The first-order valence-electron chi connectivity index (χ1n) is 8.19. The molecule has 1 aliphatic rings. The van der Waals surface area contributed by atoms with Gasteiger partial charge in [-0.25, -0.2) is 0 Å². The highest BCUT2D eigenvalue weighted by Gasteiger charge is 2.26. The van der Waals surface area contributed by atoms with Crippen molar-refractivity contribution >= 4 is 5.91 Å². The number of aryl methyl sites for hydroxylation is 3. The van der Waals surface area contributed by atoms with Gasteiger partial charge in [-0.2, -0.15) is 5.10 Å². The largest absolute Gasteiger partial charge is 0.419 e. The van der Waals surface area contributed by atoms with Crippen molar-refractivity contribution in [2.75, 3.05) is 13.1 Å². The molecule has 1 saturated heterocycles. The predicted octanol–water partition coefficient (Wildman–Crippen LogP) is 1.35. The van der Waals surface area contributed by atoms with Gasteiger partial charge in [0.25, 0.3) is 5.89 Å². The lowest BCUT2D eigenvalue weighted by Gasteiger charge is -2.35. The van der Waals surface area contributed by atoms with Crippen LogP contribution in [0.15, 0.2) is 10.5 Å². The Hall–Kier alpha value is -2.22. The van der Waals surface area contributed by atoms with E-state index in [1.807, 2.05) is 38.8 Å². The van der Waals surface area contributed by atoms with Crippen LogP contribution in [0.4, 0.5) is 0 Å². The van der Waals surface area contributed by atoms with Crippen LogP contribution in [-0.2, 0) is 23.0 Å². The second-order valence-electron chi connectivity index (χ2n) is 6.35. The quantitative estimate of drug-likeness (QED) is 0.839. The maximum Gasteiger partial charge on any atom is 0.265 e. The minimum Gasteiger partial charge on any atom is -0.419 e. The molecule has 0 bridgehead atoms. The summed E-state index contributed by atoms with van der Waals surface area (Å²) < 4.78 is 13.0. The van der Waals surface area contributed by atoms with Crippen LogP contribution >= 0.6 is 0 Å². The fraction of sp³-hybridized carbons (Fsp3) is 0.625. The fourth-order valence-corrected chi connectivity index (χ4v) is 3.02. The number of hydrogen-bond donors (Lipinski definition) is 0. The highest BCUT2D eigenvalue weighted by Crippen LogP contribution is 2.19. The zero-order valence-electron chi connectivity index (χ0n) is 14.5. The van der Waals surface area contributed by atoms with Crippen LogP contribution in [0, 0.1) is 6.92 Å². The molecule has 2 atom stereocenters. The Balaban J connectivity index is 1.59. The van der Waals surface area contributed by atoms with Gasteiger partial charge in [0, 0.05) is 33.0 Å². The molecular formula is C16H23N5O3. The first-order valence-corrected chi connectivity index (χ1v) is 8.19. The molecule has 24 heavy (non-hydrogen) atoms. The van der Waals surface area contributed by atoms with Crippen molar-refractivity contribution < 1.29 is 13.9 Å². The molecule has 1 amide bonds. The van der Waals surface area contributed by atoms with E-state index >= 15 is 0 Å². The Morgan fingerprint density at radius 3 is 2.62 bits per heavy atom. The maximum absolute atomic E-state index is 12.4. The number of amides is 1. The molecule has 2 unspecified atom stereocenters. The molecule has 0 spiro atoms. The van der Waals surface area contributed by atoms with Gasteiger partial charge in [-0.15, -0.1) is 10.2 Å². The van der Waals surface area contributed by atoms with Crippen LogP contribution in [-0.4, -0.2) is 56.1 Å². The van der Waals surface area contributed by atoms with E-state index in [9.17, 15) is 4.79 Å². The van der Waals surface area contributed by atoms with Gasteiger partial charge in [-0.1, -0.05) is 0 Å². The van der Waals surface area contributed by atoms with Crippen LogP contribution in [0.5, 0.6) is 0 Å². The summed E-state index contributed by atoms with van der Waals surface area (Å²) in [6.07, 6.45) is 0.926. The summed E-state index contributed by atoms with van der Waals surface area (Å²) in [5.41, 5.74) is 1.66. The Morgan fingerprint density at radius 1 is 1.29 bits per heavy atom. The van der Waals surface area contributed by atoms with Crippen molar-refractivity contribution in [3.8, 4) is 11.6 Å². The highest BCUT2D eigenvalue weighted by atomic mass is 16.5. The number of hydrogen-bond acceptors (Lipinski definition) is 6. The van der Waals surface area contributed by atoms with E-state index in [1.54, 1.807) is 4.68 Å². The van der Waals surface area contributed by atoms with E-state index in [0.717, 1.165) is 11.4 Å². The van der Waals surface area contributed by atoms with Crippen molar-refractivity contribution in [1.82, 2.24) is 24.9 Å². The molecule has 1 aliphatic heterocycles. The first-order chi connectivity index (χ1) is 11.4. The predicted molar refractivity (Wildman–Crippen MR) is 86.1 cm³/mol. The van der Waals surface area contributed by atoms with Gasteiger partial charge < -0.3 is 14.1 Å². The summed E-state index contributed by atoms with van der Waals surface area (Å²) in [7, 11) is 1.83. The van der Waals surface area contributed by atoms with Crippen LogP contribution in [0.25, 0.3) is 11.6 Å². The summed E-state index contributed by atoms with van der Waals surface area (Å²) in [6.45, 7) is 7.13. The van der Waals surface area contributed by atoms with E-state index in [4.69, 9.17) is 9.15 Å². The number of aromatic nitrogens is 4. The van der Waals surface area contributed by atoms with E-state index < -0.39 is 0 Å². The van der Waals surface area contributed by atoms with E-state index in [-0.39, 0.29) is 18.1 Å². The number of ether oxygens (including phenoxy) is 1. The van der Waals surface area contributed by atoms with Gasteiger partial charge in [0.1, 0.15) is 5.69 Å². The molecule has 3 heterocycles. The lowest BCUT2D eigenvalue weighted by Crippen LogP contribution is -2.48. The topological polar surface area (TPSA) is 86.3 Å². The Labute approximate surface area is 140 Å². The standard InChI is InChI=1S/C16H23N5O3/c1-10-7-13(20(4)19-10)16-18-17-14(24-16)5-6-15(22)21-8-11(2)23-12(3)9-21/h7,11-12H,5-6,8-9H2,1-4H3. The van der Waals surface area contributed by atoms with Crippen LogP contribution < -0.4 is 0 Å². The maximum atomic E-state index is 12.4. The number of carbonyl (C=O) groups is 1. The normalized spacial score (nSPS) is 21.2. The zero-order valence-corrected chi connectivity index (χ0v) is 14.5. The number of carbonyl (C=O) groups excluding carboxylic acids is 1. The van der Waals surface area contributed by atoms with Gasteiger partial charge in [0.05, 0.1) is 17.9 Å². The van der Waals surface area contributed by atoms with Crippen LogP contribution in [0.2, 0.25) is 0 Å². The van der Waals surface area contributed by atoms with Crippen LogP contribution in [0.1, 0.15) is 31.9 Å². The summed E-state index contributed by atoms with van der Waals surface area (Å²) >= 11 is 0. The Morgan fingerprint density at radius 2 is 2.00 bits per heavy atom.